The summed E-state index contributed by atoms with van der Waals surface area (Å²) >= 11 is 0. The van der Waals surface area contributed by atoms with Crippen LogP contribution in [0.2, 0.25) is 0 Å². The first-order valence-corrected chi connectivity index (χ1v) is 11.5. The van der Waals surface area contributed by atoms with Crippen molar-refractivity contribution in [3.63, 3.8) is 0 Å². The van der Waals surface area contributed by atoms with Gasteiger partial charge in [0.25, 0.3) is 0 Å². The lowest BCUT2D eigenvalue weighted by molar-refractivity contribution is -0.132. The number of ether oxygens (including phenoxy) is 1. The van der Waals surface area contributed by atoms with E-state index in [1.165, 1.54) is 0 Å². The number of benzene rings is 2. The van der Waals surface area contributed by atoms with Crippen molar-refractivity contribution in [3.05, 3.63) is 72.1 Å². The van der Waals surface area contributed by atoms with Gasteiger partial charge < -0.3 is 20.4 Å². The number of imide groups is 1. The highest BCUT2D eigenvalue weighted by molar-refractivity contribution is 5.98. The van der Waals surface area contributed by atoms with Gasteiger partial charge in [0.05, 0.1) is 6.04 Å². The number of hydrogen-bond donors (Lipinski definition) is 3. The van der Waals surface area contributed by atoms with E-state index in [2.05, 4.69) is 9.97 Å². The summed E-state index contributed by atoms with van der Waals surface area (Å²) in [5.74, 6) is -0.697. The first kappa shape index (κ1) is 24.2. The summed E-state index contributed by atoms with van der Waals surface area (Å²) in [6.45, 7) is 5.08. The molecule has 2 heterocycles. The van der Waals surface area contributed by atoms with Crippen molar-refractivity contribution in [3.8, 4) is 0 Å². The second kappa shape index (κ2) is 9.76. The zero-order valence-corrected chi connectivity index (χ0v) is 20.0. The van der Waals surface area contributed by atoms with Gasteiger partial charge in [0.1, 0.15) is 11.6 Å². The Bertz CT molecular complexity index is 1360. The number of nitrogens with zero attached hydrogens (tertiary/aromatic N) is 1. The zero-order chi connectivity index (χ0) is 25.2. The highest BCUT2D eigenvalue weighted by atomic mass is 16.6. The van der Waals surface area contributed by atoms with Crippen LogP contribution in [0.25, 0.3) is 21.8 Å². The molecule has 0 bridgehead atoms. The van der Waals surface area contributed by atoms with Gasteiger partial charge in [-0.05, 0) is 50.5 Å². The van der Waals surface area contributed by atoms with E-state index in [0.29, 0.717) is 0 Å². The summed E-state index contributed by atoms with van der Waals surface area (Å²) in [5.41, 5.74) is 8.87. The zero-order valence-electron chi connectivity index (χ0n) is 20.0. The Morgan fingerprint density at radius 2 is 1.46 bits per heavy atom. The molecule has 0 aliphatic rings. The van der Waals surface area contributed by atoms with Crippen molar-refractivity contribution >= 4 is 40.1 Å². The number of carbonyl (C=O) groups excluding carboxylic acids is 3. The molecule has 2 aromatic heterocycles. The van der Waals surface area contributed by atoms with Gasteiger partial charge in [0, 0.05) is 40.6 Å². The minimum absolute atomic E-state index is 0.0816. The second-order valence-electron chi connectivity index (χ2n) is 9.56. The fourth-order valence-corrected chi connectivity index (χ4v) is 4.18. The minimum Gasteiger partial charge on any atom is -0.443 e. The summed E-state index contributed by atoms with van der Waals surface area (Å²) in [5, 5.41) is 1.84. The Morgan fingerprint density at radius 1 is 0.943 bits per heavy atom. The van der Waals surface area contributed by atoms with Crippen LogP contribution in [-0.4, -0.2) is 50.8 Å². The molecule has 8 nitrogen and oxygen atoms in total. The molecule has 8 heteroatoms. The third-order valence-electron chi connectivity index (χ3n) is 5.80. The van der Waals surface area contributed by atoms with E-state index in [4.69, 9.17) is 10.5 Å². The van der Waals surface area contributed by atoms with Crippen LogP contribution in [0, 0.1) is 0 Å². The number of hydrogen-bond acceptors (Lipinski definition) is 5. The van der Waals surface area contributed by atoms with E-state index < -0.39 is 29.7 Å². The molecule has 2 atom stereocenters. The third kappa shape index (κ3) is 5.27. The SMILES string of the molecule is CC(C)(C)OC(=O)N(C(=O)[C@@H](N)Cc1c[nH]c2ccccc12)[C@H]([C]=O)Cc1c[nH]c2ccccc12. The molecular formula is C27H29N4O4. The Morgan fingerprint density at radius 3 is 1.97 bits per heavy atom. The van der Waals surface area contributed by atoms with Crippen LogP contribution in [0.15, 0.2) is 60.9 Å². The molecule has 181 valence electrons. The van der Waals surface area contributed by atoms with Gasteiger partial charge in [0.15, 0.2) is 0 Å². The summed E-state index contributed by atoms with van der Waals surface area (Å²) in [7, 11) is 0. The van der Waals surface area contributed by atoms with Crippen molar-refractivity contribution in [2.45, 2.75) is 51.3 Å². The van der Waals surface area contributed by atoms with E-state index in [-0.39, 0.29) is 12.8 Å². The lowest BCUT2D eigenvalue weighted by atomic mass is 10.0. The normalized spacial score (nSPS) is 13.5. The van der Waals surface area contributed by atoms with Crippen molar-refractivity contribution in [1.82, 2.24) is 14.9 Å². The van der Waals surface area contributed by atoms with E-state index >= 15 is 0 Å². The molecule has 0 saturated heterocycles. The van der Waals surface area contributed by atoms with Gasteiger partial charge >= 0.3 is 6.09 Å². The predicted molar refractivity (Wildman–Crippen MR) is 135 cm³/mol. The van der Waals surface area contributed by atoms with Gasteiger partial charge in [-0.2, -0.15) is 0 Å². The highest BCUT2D eigenvalue weighted by Gasteiger charge is 2.37. The van der Waals surface area contributed by atoms with Crippen molar-refractivity contribution in [2.24, 2.45) is 5.73 Å². The number of H-pyrrole nitrogens is 2. The number of para-hydroxylation sites is 2. The largest absolute Gasteiger partial charge is 0.443 e. The highest BCUT2D eigenvalue weighted by Crippen LogP contribution is 2.23. The Kier molecular flexibility index (Phi) is 6.75. The van der Waals surface area contributed by atoms with Crippen molar-refractivity contribution < 1.29 is 19.1 Å². The van der Waals surface area contributed by atoms with Crippen LogP contribution in [0.1, 0.15) is 31.9 Å². The fourth-order valence-electron chi connectivity index (χ4n) is 4.18. The number of nitrogens with one attached hydrogen (secondary N) is 2. The maximum atomic E-state index is 13.5. The minimum atomic E-state index is -1.20. The molecule has 0 fully saturated rings. The average molecular weight is 474 g/mol. The van der Waals surface area contributed by atoms with E-state index in [1.807, 2.05) is 54.8 Å². The third-order valence-corrected chi connectivity index (χ3v) is 5.80. The second-order valence-corrected chi connectivity index (χ2v) is 9.56. The molecule has 0 aliphatic carbocycles. The lowest BCUT2D eigenvalue weighted by Gasteiger charge is -2.30. The average Bonchev–Trinajstić information content (AvgIpc) is 3.41. The Hall–Kier alpha value is -3.91. The van der Waals surface area contributed by atoms with Gasteiger partial charge in [-0.15, -0.1) is 0 Å². The first-order valence-electron chi connectivity index (χ1n) is 11.5. The molecule has 35 heavy (non-hydrogen) atoms. The van der Waals surface area contributed by atoms with Crippen LogP contribution < -0.4 is 5.73 Å². The van der Waals surface area contributed by atoms with E-state index in [0.717, 1.165) is 37.8 Å². The number of carbonyl (C=O) groups is 2. The number of rotatable bonds is 7. The van der Waals surface area contributed by atoms with Gasteiger partial charge in [0.2, 0.25) is 12.2 Å². The molecule has 2 amide bonds. The molecule has 2 aromatic carbocycles. The molecule has 0 unspecified atom stereocenters. The summed E-state index contributed by atoms with van der Waals surface area (Å²) in [6.07, 6.45) is 4.77. The van der Waals surface area contributed by atoms with E-state index in [1.54, 1.807) is 33.2 Å². The molecule has 0 spiro atoms. The summed E-state index contributed by atoms with van der Waals surface area (Å²) in [6, 6.07) is 13.0. The van der Waals surface area contributed by atoms with Crippen LogP contribution >= 0.6 is 0 Å². The molecule has 1 radical (unpaired) electrons. The van der Waals surface area contributed by atoms with Gasteiger partial charge in [-0.25, -0.2) is 9.69 Å². The fraction of sp³-hybridized carbons (Fsp3) is 0.296. The van der Waals surface area contributed by atoms with Gasteiger partial charge in [-0.1, -0.05) is 36.4 Å². The molecular weight excluding hydrogens is 444 g/mol. The molecule has 4 aromatic rings. The number of fused-ring (bicyclic) bond motifs is 2. The number of aromatic nitrogens is 2. The smallest absolute Gasteiger partial charge is 0.417 e. The number of nitrogens with two attached hydrogens (primary N) is 1. The standard InChI is InChI=1S/C27H29N4O4/c1-27(2,3)35-26(34)31(19(16-32)12-17-14-29-23-10-6-4-8-20(17)23)25(33)22(28)13-18-15-30-24-11-7-5-9-21(18)24/h4-11,14-15,19,22,29-30H,12-13,28H2,1-3H3/t19-,22-/m0/s1. The topological polar surface area (TPSA) is 121 Å². The van der Waals surface area contributed by atoms with Crippen LogP contribution in [-0.2, 0) is 27.2 Å². The molecule has 4 N–H and O–H groups in total. The number of aromatic amines is 2. The first-order chi connectivity index (χ1) is 16.7. The predicted octanol–water partition coefficient (Wildman–Crippen LogP) is 4.00. The molecule has 4 rings (SSSR count). The molecule has 0 aliphatic heterocycles. The Balaban J connectivity index is 1.63. The van der Waals surface area contributed by atoms with Gasteiger partial charge in [-0.3, -0.25) is 9.59 Å². The Labute approximate surface area is 203 Å². The van der Waals surface area contributed by atoms with Crippen molar-refractivity contribution in [1.29, 1.82) is 0 Å². The quantitative estimate of drug-likeness (QED) is 0.375. The van der Waals surface area contributed by atoms with E-state index in [9.17, 15) is 14.4 Å². The monoisotopic (exact) mass is 473 g/mol. The lowest BCUT2D eigenvalue weighted by Crippen LogP contribution is -2.54. The van der Waals surface area contributed by atoms with Crippen molar-refractivity contribution in [2.75, 3.05) is 0 Å². The summed E-state index contributed by atoms with van der Waals surface area (Å²) < 4.78 is 5.48. The number of amides is 2. The van der Waals surface area contributed by atoms with Crippen LogP contribution in [0.3, 0.4) is 0 Å². The summed E-state index contributed by atoms with van der Waals surface area (Å²) in [4.78, 5) is 45.9. The van der Waals surface area contributed by atoms with Crippen LogP contribution in [0.5, 0.6) is 0 Å². The maximum Gasteiger partial charge on any atom is 0.417 e. The van der Waals surface area contributed by atoms with Crippen LogP contribution in [0.4, 0.5) is 4.79 Å². The maximum absolute atomic E-state index is 13.5. The molecule has 0 saturated carbocycles.